The number of likely N-dealkylation sites (N-methyl/N-ethyl adjacent to an activating group) is 1. The van der Waals surface area contributed by atoms with Crippen LogP contribution in [0.3, 0.4) is 0 Å². The van der Waals surface area contributed by atoms with E-state index in [0.717, 1.165) is 30.0 Å². The molecule has 1 aliphatic heterocycles. The Kier molecular flexibility index (Phi) is 3.72. The lowest BCUT2D eigenvalue weighted by Gasteiger charge is -2.17. The third kappa shape index (κ3) is 2.41. The smallest absolute Gasteiger partial charge is 0.320 e. The maximum absolute atomic E-state index is 11.8. The molecule has 2 N–H and O–H groups in total. The number of amides is 2. The molecule has 0 aromatic heterocycles. The summed E-state index contributed by atoms with van der Waals surface area (Å²) in [6, 6.07) is 5.99. The lowest BCUT2D eigenvalue weighted by atomic mass is 10.1. The lowest BCUT2D eigenvalue weighted by molar-refractivity contribution is 0.197. The molecular weight excluding hydrogens is 230 g/mol. The Balaban J connectivity index is 2.12. The van der Waals surface area contributed by atoms with Crippen molar-refractivity contribution in [3.05, 3.63) is 29.3 Å². The fourth-order valence-electron chi connectivity index (χ4n) is 2.13. The van der Waals surface area contributed by atoms with E-state index in [1.807, 2.05) is 30.1 Å². The molecule has 0 radical (unpaired) electrons. The lowest BCUT2D eigenvalue weighted by Crippen LogP contribution is -2.28. The molecule has 1 aromatic carbocycles. The van der Waals surface area contributed by atoms with Crippen LogP contribution in [0.1, 0.15) is 11.1 Å². The summed E-state index contributed by atoms with van der Waals surface area (Å²) in [5.74, 6) is 0.787. The zero-order valence-corrected chi connectivity index (χ0v) is 10.8. The highest BCUT2D eigenvalue weighted by Gasteiger charge is 2.25. The molecule has 2 amide bonds. The molecule has 0 saturated carbocycles. The Morgan fingerprint density at radius 1 is 1.39 bits per heavy atom. The van der Waals surface area contributed by atoms with Gasteiger partial charge in [0, 0.05) is 38.8 Å². The summed E-state index contributed by atoms with van der Waals surface area (Å²) in [5, 5.41) is 0. The average Bonchev–Trinajstić information content (AvgIpc) is 2.70. The van der Waals surface area contributed by atoms with Crippen LogP contribution >= 0.6 is 0 Å². The number of rotatable bonds is 4. The first-order chi connectivity index (χ1) is 8.65. The van der Waals surface area contributed by atoms with E-state index in [9.17, 15) is 4.79 Å². The van der Waals surface area contributed by atoms with E-state index in [2.05, 4.69) is 0 Å². The summed E-state index contributed by atoms with van der Waals surface area (Å²) in [6.45, 7) is 2.63. The molecule has 1 aliphatic rings. The van der Waals surface area contributed by atoms with Gasteiger partial charge >= 0.3 is 6.03 Å². The summed E-state index contributed by atoms with van der Waals surface area (Å²) in [7, 11) is 3.45. The van der Waals surface area contributed by atoms with Crippen molar-refractivity contribution in [2.24, 2.45) is 5.73 Å². The number of carbonyl (C=O) groups is 1. The molecule has 0 spiro atoms. The van der Waals surface area contributed by atoms with Crippen LogP contribution < -0.4 is 10.5 Å². The molecule has 5 heteroatoms. The Morgan fingerprint density at radius 2 is 2.17 bits per heavy atom. The number of nitrogens with two attached hydrogens (primary N) is 1. The number of benzene rings is 1. The van der Waals surface area contributed by atoms with Crippen molar-refractivity contribution >= 4 is 6.03 Å². The topological polar surface area (TPSA) is 58.8 Å². The average molecular weight is 249 g/mol. The fourth-order valence-corrected chi connectivity index (χ4v) is 2.13. The first-order valence-corrected chi connectivity index (χ1v) is 6.01. The van der Waals surface area contributed by atoms with Gasteiger partial charge in [0.15, 0.2) is 0 Å². The van der Waals surface area contributed by atoms with Crippen molar-refractivity contribution in [3.8, 4) is 5.75 Å². The number of carbonyl (C=O) groups excluding carboxylic acids is 1. The van der Waals surface area contributed by atoms with Crippen LogP contribution in [0.15, 0.2) is 18.2 Å². The molecule has 0 unspecified atom stereocenters. The van der Waals surface area contributed by atoms with Crippen LogP contribution in [0, 0.1) is 0 Å². The molecule has 1 fully saturated rings. The molecule has 5 nitrogen and oxygen atoms in total. The standard InChI is InChI=1S/C13H19N3O2/c1-15-5-6-16(13(15)17)9-10-3-4-11(8-14)12(7-10)18-2/h3-4,7H,5-6,8-9,14H2,1-2H3. The molecule has 1 heterocycles. The maximum atomic E-state index is 11.8. The largest absolute Gasteiger partial charge is 0.496 e. The van der Waals surface area contributed by atoms with E-state index in [-0.39, 0.29) is 6.03 Å². The monoisotopic (exact) mass is 249 g/mol. The van der Waals surface area contributed by atoms with Gasteiger partial charge in [-0.25, -0.2) is 4.79 Å². The Hall–Kier alpha value is -1.75. The van der Waals surface area contributed by atoms with Gasteiger partial charge < -0.3 is 20.3 Å². The van der Waals surface area contributed by atoms with E-state index >= 15 is 0 Å². The third-order valence-corrected chi connectivity index (χ3v) is 3.25. The molecule has 0 atom stereocenters. The van der Waals surface area contributed by atoms with Gasteiger partial charge in [-0.2, -0.15) is 0 Å². The number of hydrogen-bond donors (Lipinski definition) is 1. The minimum Gasteiger partial charge on any atom is -0.496 e. The predicted octanol–water partition coefficient (Wildman–Crippen LogP) is 1.02. The summed E-state index contributed by atoms with van der Waals surface area (Å²) < 4.78 is 5.30. The van der Waals surface area contributed by atoms with Crippen LogP contribution in [-0.2, 0) is 13.1 Å². The number of methoxy groups -OCH3 is 1. The Morgan fingerprint density at radius 3 is 2.72 bits per heavy atom. The summed E-state index contributed by atoms with van der Waals surface area (Å²) >= 11 is 0. The highest BCUT2D eigenvalue weighted by atomic mass is 16.5. The van der Waals surface area contributed by atoms with Crippen LogP contribution in [0.2, 0.25) is 0 Å². The number of hydrogen-bond acceptors (Lipinski definition) is 3. The van der Waals surface area contributed by atoms with Crippen LogP contribution in [0.25, 0.3) is 0 Å². The van der Waals surface area contributed by atoms with E-state index in [0.29, 0.717) is 13.1 Å². The van der Waals surface area contributed by atoms with Gasteiger partial charge in [0.25, 0.3) is 0 Å². The molecule has 0 bridgehead atoms. The minimum atomic E-state index is 0.0804. The normalized spacial score (nSPS) is 15.4. The molecule has 18 heavy (non-hydrogen) atoms. The van der Waals surface area contributed by atoms with E-state index in [1.54, 1.807) is 12.0 Å². The number of nitrogens with zero attached hydrogens (tertiary/aromatic N) is 2. The predicted molar refractivity (Wildman–Crippen MR) is 69.3 cm³/mol. The Labute approximate surface area is 107 Å². The van der Waals surface area contributed by atoms with Gasteiger partial charge in [0.1, 0.15) is 5.75 Å². The van der Waals surface area contributed by atoms with Gasteiger partial charge in [0.2, 0.25) is 0 Å². The van der Waals surface area contributed by atoms with Gasteiger partial charge in [-0.3, -0.25) is 0 Å². The Bertz CT molecular complexity index is 448. The van der Waals surface area contributed by atoms with Crippen LogP contribution in [0.5, 0.6) is 5.75 Å². The quantitative estimate of drug-likeness (QED) is 0.866. The van der Waals surface area contributed by atoms with Crippen molar-refractivity contribution < 1.29 is 9.53 Å². The minimum absolute atomic E-state index is 0.0804. The molecule has 98 valence electrons. The van der Waals surface area contributed by atoms with Crippen molar-refractivity contribution in [2.45, 2.75) is 13.1 Å². The summed E-state index contributed by atoms with van der Waals surface area (Å²) in [6.07, 6.45) is 0. The number of urea groups is 1. The van der Waals surface area contributed by atoms with E-state index in [1.165, 1.54) is 0 Å². The molecule has 1 saturated heterocycles. The van der Waals surface area contributed by atoms with Crippen molar-refractivity contribution in [1.29, 1.82) is 0 Å². The molecule has 2 rings (SSSR count). The SMILES string of the molecule is COc1cc(CN2CCN(C)C2=O)ccc1CN. The second kappa shape index (κ2) is 5.27. The zero-order valence-electron chi connectivity index (χ0n) is 10.8. The molecular formula is C13H19N3O2. The van der Waals surface area contributed by atoms with Gasteiger partial charge in [-0.05, 0) is 11.6 Å². The highest BCUT2D eigenvalue weighted by molar-refractivity contribution is 5.76. The zero-order chi connectivity index (χ0) is 13.1. The maximum Gasteiger partial charge on any atom is 0.320 e. The van der Waals surface area contributed by atoms with E-state index < -0.39 is 0 Å². The summed E-state index contributed by atoms with van der Waals surface area (Å²) in [5.41, 5.74) is 7.67. The van der Waals surface area contributed by atoms with Crippen LogP contribution in [0.4, 0.5) is 4.79 Å². The van der Waals surface area contributed by atoms with Gasteiger partial charge in [-0.15, -0.1) is 0 Å². The van der Waals surface area contributed by atoms with Crippen molar-refractivity contribution in [2.75, 3.05) is 27.2 Å². The number of ether oxygens (including phenoxy) is 1. The second-order valence-electron chi connectivity index (χ2n) is 4.48. The van der Waals surface area contributed by atoms with Gasteiger partial charge in [0.05, 0.1) is 7.11 Å². The molecule has 1 aromatic rings. The second-order valence-corrected chi connectivity index (χ2v) is 4.48. The van der Waals surface area contributed by atoms with Gasteiger partial charge in [-0.1, -0.05) is 12.1 Å². The fraction of sp³-hybridized carbons (Fsp3) is 0.462. The first-order valence-electron chi connectivity index (χ1n) is 6.01. The van der Waals surface area contributed by atoms with Crippen LogP contribution in [-0.4, -0.2) is 43.1 Å². The third-order valence-electron chi connectivity index (χ3n) is 3.25. The van der Waals surface area contributed by atoms with Crippen molar-refractivity contribution in [1.82, 2.24) is 9.80 Å². The highest BCUT2D eigenvalue weighted by Crippen LogP contribution is 2.21. The molecule has 0 aliphatic carbocycles. The first kappa shape index (κ1) is 12.7. The van der Waals surface area contributed by atoms with E-state index in [4.69, 9.17) is 10.5 Å². The van der Waals surface area contributed by atoms with Crippen molar-refractivity contribution in [3.63, 3.8) is 0 Å². The summed E-state index contributed by atoms with van der Waals surface area (Å²) in [4.78, 5) is 15.3.